The van der Waals surface area contributed by atoms with Gasteiger partial charge in [0.15, 0.2) is 9.84 Å². The SMILES string of the molecule is CCC(CS(=O)(=O)C(C)CC)N1C(=O)C(CC(=O)O)OC(c2cccc(Cl)c2)C1c1ccc(Cl)cc1. The number of hydrogen-bond acceptors (Lipinski definition) is 5. The minimum atomic E-state index is -3.53. The Kier molecular flexibility index (Phi) is 9.44. The van der Waals surface area contributed by atoms with E-state index in [0.717, 1.165) is 0 Å². The standard InChI is InChI=1S/C26H31Cl2NO6S/c1-4-16(3)36(33,34)15-21(5-2)29-24(17-9-11-19(27)12-10-17)25(18-7-6-8-20(28)13-18)35-22(26(29)32)14-23(30)31/h6-13,16,21-22,24-25H,4-5,14-15H2,1-3H3,(H,30,31). The van der Waals surface area contributed by atoms with E-state index in [9.17, 15) is 23.1 Å². The number of carboxylic acid groups (broad SMARTS) is 1. The highest BCUT2D eigenvalue weighted by molar-refractivity contribution is 7.92. The molecule has 0 bridgehead atoms. The molecule has 1 aliphatic heterocycles. The fourth-order valence-corrected chi connectivity index (χ4v) is 6.57. The van der Waals surface area contributed by atoms with Gasteiger partial charge in [-0.25, -0.2) is 8.42 Å². The number of nitrogens with zero attached hydrogens (tertiary/aromatic N) is 1. The highest BCUT2D eigenvalue weighted by atomic mass is 35.5. The van der Waals surface area contributed by atoms with Gasteiger partial charge in [0.2, 0.25) is 0 Å². The van der Waals surface area contributed by atoms with Crippen LogP contribution in [0.1, 0.15) is 63.3 Å². The quantitative estimate of drug-likeness (QED) is 0.417. The lowest BCUT2D eigenvalue weighted by Crippen LogP contribution is -2.56. The minimum Gasteiger partial charge on any atom is -0.481 e. The van der Waals surface area contributed by atoms with Gasteiger partial charge in [-0.1, -0.05) is 61.3 Å². The van der Waals surface area contributed by atoms with Crippen molar-refractivity contribution in [3.63, 3.8) is 0 Å². The molecule has 0 radical (unpaired) electrons. The summed E-state index contributed by atoms with van der Waals surface area (Å²) in [5.74, 6) is -1.98. The molecule has 1 heterocycles. The highest BCUT2D eigenvalue weighted by Crippen LogP contribution is 2.44. The van der Waals surface area contributed by atoms with E-state index in [1.807, 2.05) is 6.92 Å². The number of carbonyl (C=O) groups excluding carboxylic acids is 1. The van der Waals surface area contributed by atoms with Crippen molar-refractivity contribution in [2.45, 2.75) is 69.6 Å². The fourth-order valence-electron chi connectivity index (χ4n) is 4.48. The summed E-state index contributed by atoms with van der Waals surface area (Å²) in [5.41, 5.74) is 1.33. The number of amides is 1. The fraction of sp³-hybridized carbons (Fsp3) is 0.462. The van der Waals surface area contributed by atoms with Crippen LogP contribution in [-0.4, -0.2) is 53.4 Å². The normalized spacial score (nSPS) is 22.3. The summed E-state index contributed by atoms with van der Waals surface area (Å²) in [4.78, 5) is 26.9. The van der Waals surface area contributed by atoms with E-state index in [-0.39, 0.29) is 5.75 Å². The van der Waals surface area contributed by atoms with Gasteiger partial charge in [0, 0.05) is 16.1 Å². The number of rotatable bonds is 10. The molecule has 1 fully saturated rings. The van der Waals surface area contributed by atoms with Gasteiger partial charge in [0.25, 0.3) is 5.91 Å². The number of carboxylic acids is 1. The zero-order valence-corrected chi connectivity index (χ0v) is 22.8. The molecule has 2 aromatic rings. The maximum atomic E-state index is 13.8. The maximum absolute atomic E-state index is 13.8. The van der Waals surface area contributed by atoms with Gasteiger partial charge >= 0.3 is 5.97 Å². The summed E-state index contributed by atoms with van der Waals surface area (Å²) in [6, 6.07) is 12.4. The van der Waals surface area contributed by atoms with Gasteiger partial charge in [-0.2, -0.15) is 0 Å². The lowest BCUT2D eigenvalue weighted by molar-refractivity contribution is -0.182. The predicted octanol–water partition coefficient (Wildman–Crippen LogP) is 5.47. The summed E-state index contributed by atoms with van der Waals surface area (Å²) >= 11 is 12.4. The molecule has 196 valence electrons. The Balaban J connectivity index is 2.20. The average molecular weight is 557 g/mol. The second kappa shape index (κ2) is 11.9. The van der Waals surface area contributed by atoms with Crippen LogP contribution >= 0.6 is 23.2 Å². The third-order valence-corrected chi connectivity index (χ3v) is 9.55. The molecule has 2 aromatic carbocycles. The Bertz CT molecular complexity index is 1190. The van der Waals surface area contributed by atoms with Crippen molar-refractivity contribution in [2.75, 3.05) is 5.75 Å². The predicted molar refractivity (Wildman–Crippen MR) is 140 cm³/mol. The van der Waals surface area contributed by atoms with Crippen LogP contribution in [0.3, 0.4) is 0 Å². The summed E-state index contributed by atoms with van der Waals surface area (Å²) < 4.78 is 32.4. The molecule has 1 N–H and O–H groups in total. The van der Waals surface area contributed by atoms with Crippen LogP contribution in [0.4, 0.5) is 0 Å². The first-order valence-electron chi connectivity index (χ1n) is 11.9. The number of carbonyl (C=O) groups is 2. The van der Waals surface area contributed by atoms with Crippen LogP contribution < -0.4 is 0 Å². The first kappa shape index (κ1) is 28.4. The number of aliphatic carboxylic acids is 1. The maximum Gasteiger partial charge on any atom is 0.306 e. The Morgan fingerprint density at radius 1 is 1.06 bits per heavy atom. The number of morpholine rings is 1. The van der Waals surface area contributed by atoms with E-state index in [4.69, 9.17) is 27.9 Å². The molecular formula is C26H31Cl2NO6S. The molecule has 10 heteroatoms. The zero-order chi connectivity index (χ0) is 26.6. The minimum absolute atomic E-state index is 0.240. The van der Waals surface area contributed by atoms with Gasteiger partial charge in [0.05, 0.1) is 23.5 Å². The van der Waals surface area contributed by atoms with Crippen molar-refractivity contribution >= 4 is 44.9 Å². The van der Waals surface area contributed by atoms with E-state index in [2.05, 4.69) is 0 Å². The van der Waals surface area contributed by atoms with Crippen LogP contribution in [0.15, 0.2) is 48.5 Å². The Labute approximate surface area is 222 Å². The number of benzene rings is 2. The third kappa shape index (κ3) is 6.40. The van der Waals surface area contributed by atoms with Gasteiger partial charge in [-0.05, 0) is 55.2 Å². The van der Waals surface area contributed by atoms with E-state index in [1.54, 1.807) is 62.4 Å². The largest absolute Gasteiger partial charge is 0.481 e. The summed E-state index contributed by atoms with van der Waals surface area (Å²) in [7, 11) is -3.53. The lowest BCUT2D eigenvalue weighted by Gasteiger charge is -2.48. The molecule has 7 nitrogen and oxygen atoms in total. The number of sulfone groups is 1. The molecule has 0 saturated carbocycles. The van der Waals surface area contributed by atoms with E-state index >= 15 is 0 Å². The van der Waals surface area contributed by atoms with Gasteiger partial charge in [-0.3, -0.25) is 9.59 Å². The molecule has 36 heavy (non-hydrogen) atoms. The monoisotopic (exact) mass is 555 g/mol. The van der Waals surface area contributed by atoms with Gasteiger partial charge < -0.3 is 14.7 Å². The Hall–Kier alpha value is -2.13. The van der Waals surface area contributed by atoms with Crippen molar-refractivity contribution in [3.8, 4) is 0 Å². The highest BCUT2D eigenvalue weighted by Gasteiger charge is 2.48. The number of hydrogen-bond donors (Lipinski definition) is 1. The smallest absolute Gasteiger partial charge is 0.306 e. The molecule has 3 rings (SSSR count). The van der Waals surface area contributed by atoms with Crippen molar-refractivity contribution < 1.29 is 27.9 Å². The Morgan fingerprint density at radius 3 is 2.28 bits per heavy atom. The van der Waals surface area contributed by atoms with Crippen molar-refractivity contribution in [1.29, 1.82) is 0 Å². The summed E-state index contributed by atoms with van der Waals surface area (Å²) in [6.07, 6.45) is -1.81. The second-order valence-corrected chi connectivity index (χ2v) is 12.4. The average Bonchev–Trinajstić information content (AvgIpc) is 2.83. The van der Waals surface area contributed by atoms with Crippen molar-refractivity contribution in [3.05, 3.63) is 69.7 Å². The molecule has 1 amide bonds. The molecule has 5 unspecified atom stereocenters. The molecule has 0 spiro atoms. The topological polar surface area (TPSA) is 101 Å². The molecule has 0 aliphatic carbocycles. The van der Waals surface area contributed by atoms with Crippen LogP contribution in [0, 0.1) is 0 Å². The zero-order valence-electron chi connectivity index (χ0n) is 20.4. The van der Waals surface area contributed by atoms with Gasteiger partial charge in [0.1, 0.15) is 12.2 Å². The first-order valence-corrected chi connectivity index (χ1v) is 14.4. The first-order chi connectivity index (χ1) is 17.0. The number of ether oxygens (including phenoxy) is 1. The van der Waals surface area contributed by atoms with Crippen LogP contribution in [0.2, 0.25) is 10.0 Å². The molecule has 1 aliphatic rings. The Morgan fingerprint density at radius 2 is 1.72 bits per heavy atom. The van der Waals surface area contributed by atoms with Crippen LogP contribution in [0.25, 0.3) is 0 Å². The van der Waals surface area contributed by atoms with E-state index in [0.29, 0.717) is 34.0 Å². The second-order valence-electron chi connectivity index (χ2n) is 9.05. The summed E-state index contributed by atoms with van der Waals surface area (Å²) in [6.45, 7) is 5.28. The molecular weight excluding hydrogens is 525 g/mol. The van der Waals surface area contributed by atoms with Crippen LogP contribution in [0.5, 0.6) is 0 Å². The summed E-state index contributed by atoms with van der Waals surface area (Å²) in [5, 5.41) is 9.87. The van der Waals surface area contributed by atoms with Crippen LogP contribution in [-0.2, 0) is 24.2 Å². The third-order valence-electron chi connectivity index (χ3n) is 6.65. The van der Waals surface area contributed by atoms with E-state index < -0.39 is 57.7 Å². The molecule has 0 aromatic heterocycles. The van der Waals surface area contributed by atoms with Crippen molar-refractivity contribution in [1.82, 2.24) is 4.90 Å². The molecule has 5 atom stereocenters. The van der Waals surface area contributed by atoms with E-state index in [1.165, 1.54) is 4.90 Å². The number of halogens is 2. The van der Waals surface area contributed by atoms with Gasteiger partial charge in [-0.15, -0.1) is 0 Å². The van der Waals surface area contributed by atoms with Crippen molar-refractivity contribution in [2.24, 2.45) is 0 Å². The lowest BCUT2D eigenvalue weighted by atomic mass is 9.89. The molecule has 1 saturated heterocycles.